The van der Waals surface area contributed by atoms with Crippen LogP contribution in [0.5, 0.6) is 0 Å². The number of aromatic nitrogens is 1. The van der Waals surface area contributed by atoms with Crippen molar-refractivity contribution < 1.29 is 18.0 Å². The molecular weight excluding hydrogens is 334 g/mol. The van der Waals surface area contributed by atoms with Gasteiger partial charge in [-0.2, -0.15) is 4.31 Å². The van der Waals surface area contributed by atoms with E-state index in [4.69, 9.17) is 0 Å². The second-order valence-corrected chi connectivity index (χ2v) is 7.31. The van der Waals surface area contributed by atoms with Crippen LogP contribution in [-0.2, 0) is 14.8 Å². The number of imide groups is 1. The molecule has 0 bridgehead atoms. The van der Waals surface area contributed by atoms with Crippen LogP contribution in [0.3, 0.4) is 0 Å². The van der Waals surface area contributed by atoms with Crippen LogP contribution in [0.2, 0.25) is 0 Å². The van der Waals surface area contributed by atoms with Crippen molar-refractivity contribution in [1.29, 1.82) is 0 Å². The molecule has 1 aliphatic rings. The minimum Gasteiger partial charge on any atom is -0.341 e. The molecule has 10 heteroatoms. The summed E-state index contributed by atoms with van der Waals surface area (Å²) in [4.78, 5) is 29.0. The lowest BCUT2D eigenvalue weighted by Gasteiger charge is -2.36. The number of carbonyl (C=O) groups is 2. The summed E-state index contributed by atoms with van der Waals surface area (Å²) in [5.41, 5.74) is 0. The van der Waals surface area contributed by atoms with Crippen LogP contribution in [-0.4, -0.2) is 73.8 Å². The third-order valence-corrected chi connectivity index (χ3v) is 5.82. The Kier molecular flexibility index (Phi) is 5.86. The molecule has 2 heterocycles. The predicted molar refractivity (Wildman–Crippen MR) is 86.6 cm³/mol. The van der Waals surface area contributed by atoms with Gasteiger partial charge in [0.15, 0.2) is 0 Å². The highest BCUT2D eigenvalue weighted by Gasteiger charge is 2.32. The smallest absolute Gasteiger partial charge is 0.321 e. The normalized spacial score (nSPS) is 17.9. The molecule has 0 aliphatic carbocycles. The van der Waals surface area contributed by atoms with Crippen LogP contribution in [0.1, 0.15) is 6.92 Å². The van der Waals surface area contributed by atoms with Crippen molar-refractivity contribution in [2.75, 3.05) is 33.2 Å². The second-order valence-electron chi connectivity index (χ2n) is 5.37. The quantitative estimate of drug-likeness (QED) is 0.734. The highest BCUT2D eigenvalue weighted by atomic mass is 32.2. The van der Waals surface area contributed by atoms with Gasteiger partial charge in [0.1, 0.15) is 4.90 Å². The monoisotopic (exact) mass is 355 g/mol. The summed E-state index contributed by atoms with van der Waals surface area (Å²) < 4.78 is 26.4. The van der Waals surface area contributed by atoms with E-state index in [0.29, 0.717) is 13.1 Å². The topological polar surface area (TPSA) is 112 Å². The van der Waals surface area contributed by atoms with Crippen molar-refractivity contribution in [3.8, 4) is 0 Å². The first-order chi connectivity index (χ1) is 11.4. The molecule has 1 unspecified atom stereocenters. The van der Waals surface area contributed by atoms with Crippen molar-refractivity contribution in [2.24, 2.45) is 0 Å². The van der Waals surface area contributed by atoms with E-state index >= 15 is 0 Å². The molecule has 0 saturated carbocycles. The van der Waals surface area contributed by atoms with E-state index in [0.717, 1.165) is 0 Å². The van der Waals surface area contributed by atoms with Gasteiger partial charge in [-0.05, 0) is 19.1 Å². The van der Waals surface area contributed by atoms with E-state index in [1.54, 1.807) is 13.0 Å². The molecule has 1 aromatic heterocycles. The number of urea groups is 1. The molecule has 1 saturated heterocycles. The maximum Gasteiger partial charge on any atom is 0.321 e. The first-order valence-electron chi connectivity index (χ1n) is 7.53. The van der Waals surface area contributed by atoms with Gasteiger partial charge in [0, 0.05) is 45.6 Å². The van der Waals surface area contributed by atoms with Crippen molar-refractivity contribution >= 4 is 22.0 Å². The number of amides is 3. The van der Waals surface area contributed by atoms with Gasteiger partial charge < -0.3 is 5.32 Å². The zero-order valence-electron chi connectivity index (χ0n) is 13.6. The SMILES string of the molecule is CNC(=O)NC(=O)C(C)N1CCN(S(=O)(=O)c2cccnc2)CC1. The molecular formula is C14H21N5O4S. The molecule has 0 aromatic carbocycles. The summed E-state index contributed by atoms with van der Waals surface area (Å²) in [6.07, 6.45) is 2.84. The third-order valence-electron chi connectivity index (χ3n) is 3.94. The number of rotatable bonds is 4. The fourth-order valence-corrected chi connectivity index (χ4v) is 3.81. The molecule has 3 amide bonds. The largest absolute Gasteiger partial charge is 0.341 e. The minimum absolute atomic E-state index is 0.156. The van der Waals surface area contributed by atoms with Crippen LogP contribution in [0.4, 0.5) is 4.79 Å². The number of carbonyl (C=O) groups excluding carboxylic acids is 2. The summed E-state index contributed by atoms with van der Waals surface area (Å²) in [7, 11) is -2.15. The maximum absolute atomic E-state index is 12.5. The van der Waals surface area contributed by atoms with Gasteiger partial charge in [-0.25, -0.2) is 13.2 Å². The van der Waals surface area contributed by atoms with E-state index in [2.05, 4.69) is 15.6 Å². The van der Waals surface area contributed by atoms with E-state index in [1.165, 1.54) is 29.8 Å². The van der Waals surface area contributed by atoms with Gasteiger partial charge in [-0.1, -0.05) is 0 Å². The lowest BCUT2D eigenvalue weighted by atomic mass is 10.2. The number of pyridine rings is 1. The highest BCUT2D eigenvalue weighted by Crippen LogP contribution is 2.17. The van der Waals surface area contributed by atoms with Gasteiger partial charge in [-0.3, -0.25) is 20.0 Å². The van der Waals surface area contributed by atoms with E-state index in [-0.39, 0.29) is 18.0 Å². The van der Waals surface area contributed by atoms with Crippen molar-refractivity contribution in [1.82, 2.24) is 24.8 Å². The number of nitrogens with one attached hydrogen (secondary N) is 2. The summed E-state index contributed by atoms with van der Waals surface area (Å²) >= 11 is 0. The minimum atomic E-state index is -3.57. The average Bonchev–Trinajstić information content (AvgIpc) is 2.61. The Morgan fingerprint density at radius 1 is 1.25 bits per heavy atom. The summed E-state index contributed by atoms with van der Waals surface area (Å²) in [5, 5.41) is 4.54. The first kappa shape index (κ1) is 18.3. The molecule has 1 aliphatic heterocycles. The van der Waals surface area contributed by atoms with E-state index in [9.17, 15) is 18.0 Å². The zero-order chi connectivity index (χ0) is 17.7. The lowest BCUT2D eigenvalue weighted by Crippen LogP contribution is -2.56. The number of nitrogens with zero attached hydrogens (tertiary/aromatic N) is 3. The number of piperazine rings is 1. The molecule has 2 N–H and O–H groups in total. The second kappa shape index (κ2) is 7.69. The fourth-order valence-electron chi connectivity index (χ4n) is 2.42. The van der Waals surface area contributed by atoms with Crippen LogP contribution < -0.4 is 10.6 Å². The Balaban J connectivity index is 1.96. The first-order valence-corrected chi connectivity index (χ1v) is 8.97. The summed E-state index contributed by atoms with van der Waals surface area (Å²) in [6.45, 7) is 3.04. The average molecular weight is 355 g/mol. The van der Waals surface area contributed by atoms with Gasteiger partial charge in [-0.15, -0.1) is 0 Å². The Morgan fingerprint density at radius 3 is 2.46 bits per heavy atom. The molecule has 1 atom stereocenters. The zero-order valence-corrected chi connectivity index (χ0v) is 14.4. The lowest BCUT2D eigenvalue weighted by molar-refractivity contribution is -0.125. The molecule has 0 radical (unpaired) electrons. The van der Waals surface area contributed by atoms with Crippen molar-refractivity contribution in [3.63, 3.8) is 0 Å². The Labute approximate surface area is 141 Å². The molecule has 2 rings (SSSR count). The van der Waals surface area contributed by atoms with E-state index in [1.807, 2.05) is 4.90 Å². The van der Waals surface area contributed by atoms with Crippen LogP contribution in [0.25, 0.3) is 0 Å². The third kappa shape index (κ3) is 4.08. The standard InChI is InChI=1S/C14H21N5O4S/c1-11(13(20)17-14(21)15-2)18-6-8-19(9-7-18)24(22,23)12-4-3-5-16-10-12/h3-5,10-11H,6-9H2,1-2H3,(H2,15,17,20,21). The van der Waals surface area contributed by atoms with Crippen LogP contribution in [0.15, 0.2) is 29.4 Å². The van der Waals surface area contributed by atoms with Crippen molar-refractivity contribution in [3.05, 3.63) is 24.5 Å². The van der Waals surface area contributed by atoms with Gasteiger partial charge in [0.2, 0.25) is 15.9 Å². The fraction of sp³-hybridized carbons (Fsp3) is 0.500. The van der Waals surface area contributed by atoms with Crippen LogP contribution >= 0.6 is 0 Å². The Bertz CT molecular complexity index is 686. The molecule has 1 fully saturated rings. The Morgan fingerprint density at radius 2 is 1.92 bits per heavy atom. The number of hydrogen-bond acceptors (Lipinski definition) is 6. The molecule has 0 spiro atoms. The van der Waals surface area contributed by atoms with Gasteiger partial charge in [0.25, 0.3) is 0 Å². The molecule has 132 valence electrons. The highest BCUT2D eigenvalue weighted by molar-refractivity contribution is 7.89. The number of hydrogen-bond donors (Lipinski definition) is 2. The summed E-state index contributed by atoms with van der Waals surface area (Å²) in [5.74, 6) is -0.419. The maximum atomic E-state index is 12.5. The molecule has 24 heavy (non-hydrogen) atoms. The van der Waals surface area contributed by atoms with Crippen LogP contribution in [0, 0.1) is 0 Å². The van der Waals surface area contributed by atoms with E-state index < -0.39 is 28.0 Å². The molecule has 1 aromatic rings. The predicted octanol–water partition coefficient (Wildman–Crippen LogP) is -0.768. The van der Waals surface area contributed by atoms with Crippen molar-refractivity contribution in [2.45, 2.75) is 17.9 Å². The molecule has 9 nitrogen and oxygen atoms in total. The van der Waals surface area contributed by atoms with Gasteiger partial charge in [0.05, 0.1) is 6.04 Å². The Hall–Kier alpha value is -2.04. The number of sulfonamides is 1. The summed E-state index contributed by atoms with van der Waals surface area (Å²) in [6, 6.07) is 2.00. The van der Waals surface area contributed by atoms with Gasteiger partial charge >= 0.3 is 6.03 Å².